The Morgan fingerprint density at radius 3 is 2.86 bits per heavy atom. The zero-order valence-corrected chi connectivity index (χ0v) is 16.3. The predicted octanol–water partition coefficient (Wildman–Crippen LogP) is 3.66. The number of carbonyl (C=O) groups excluding carboxylic acids is 1. The number of hydrogen-bond acceptors (Lipinski definition) is 3. The zero-order chi connectivity index (χ0) is 20.9. The van der Waals surface area contributed by atoms with Crippen LogP contribution in [0, 0.1) is 0 Å². The number of imidazole rings is 1. The molecule has 1 fully saturated rings. The van der Waals surface area contributed by atoms with Gasteiger partial charge in [-0.2, -0.15) is 13.2 Å². The second-order valence-electron chi connectivity index (χ2n) is 6.98. The first-order chi connectivity index (χ1) is 13.9. The van der Waals surface area contributed by atoms with Crippen molar-refractivity contribution in [3.8, 4) is 0 Å². The van der Waals surface area contributed by atoms with Crippen molar-refractivity contribution in [2.24, 2.45) is 0 Å². The molecule has 1 N–H and O–H groups in total. The summed E-state index contributed by atoms with van der Waals surface area (Å²) >= 11 is 0. The van der Waals surface area contributed by atoms with Gasteiger partial charge in [0.2, 0.25) is 0 Å². The maximum atomic E-state index is 13.3. The van der Waals surface area contributed by atoms with Gasteiger partial charge in [0, 0.05) is 38.6 Å². The fourth-order valence-electron chi connectivity index (χ4n) is 3.44. The molecule has 0 bridgehead atoms. The molecule has 1 aromatic carbocycles. The van der Waals surface area contributed by atoms with Crippen molar-refractivity contribution >= 4 is 6.03 Å². The molecule has 0 aliphatic carbocycles. The van der Waals surface area contributed by atoms with Crippen LogP contribution in [0.15, 0.2) is 36.7 Å². The van der Waals surface area contributed by atoms with Crippen LogP contribution >= 0.6 is 0 Å². The van der Waals surface area contributed by atoms with Crippen LogP contribution < -0.4 is 5.32 Å². The topological polar surface area (TPSA) is 59.4 Å². The summed E-state index contributed by atoms with van der Waals surface area (Å²) in [7, 11) is 0. The van der Waals surface area contributed by atoms with E-state index in [1.165, 1.54) is 18.3 Å². The van der Waals surface area contributed by atoms with Crippen molar-refractivity contribution in [3.63, 3.8) is 0 Å². The molecule has 158 valence electrons. The third kappa shape index (κ3) is 5.50. The van der Waals surface area contributed by atoms with Crippen LogP contribution in [0.3, 0.4) is 0 Å². The molecule has 3 rings (SSSR count). The minimum atomic E-state index is -4.43. The Balaban J connectivity index is 1.78. The number of rotatable bonds is 7. The molecule has 0 saturated carbocycles. The number of aromatic nitrogens is 2. The summed E-state index contributed by atoms with van der Waals surface area (Å²) in [5.74, 6) is 0.520. The zero-order valence-electron chi connectivity index (χ0n) is 16.3. The molecule has 1 aromatic heterocycles. The molecule has 1 aliphatic rings. The van der Waals surface area contributed by atoms with Crippen LogP contribution in [0.25, 0.3) is 0 Å². The summed E-state index contributed by atoms with van der Waals surface area (Å²) in [6.07, 6.45) is 0.536. The minimum absolute atomic E-state index is 0.0220. The smallest absolute Gasteiger partial charge is 0.376 e. The molecular formula is C20H25F3N4O2. The number of nitrogens with zero attached hydrogens (tertiary/aromatic N) is 3. The van der Waals surface area contributed by atoms with Crippen LogP contribution in [-0.4, -0.2) is 46.3 Å². The fourth-order valence-corrected chi connectivity index (χ4v) is 3.44. The summed E-state index contributed by atoms with van der Waals surface area (Å²) in [6.45, 7) is 3.61. The van der Waals surface area contributed by atoms with Gasteiger partial charge in [0.15, 0.2) is 0 Å². The molecular weight excluding hydrogens is 385 g/mol. The molecule has 1 aliphatic heterocycles. The van der Waals surface area contributed by atoms with E-state index >= 15 is 0 Å². The average molecular weight is 410 g/mol. The van der Waals surface area contributed by atoms with Crippen molar-refractivity contribution < 1.29 is 22.7 Å². The van der Waals surface area contributed by atoms with Gasteiger partial charge in [0.05, 0.1) is 18.2 Å². The highest BCUT2D eigenvalue weighted by Crippen LogP contribution is 2.32. The number of benzene rings is 1. The molecule has 2 aromatic rings. The quantitative estimate of drug-likeness (QED) is 0.758. The van der Waals surface area contributed by atoms with E-state index in [0.29, 0.717) is 25.5 Å². The number of urea groups is 1. The first-order valence-corrected chi connectivity index (χ1v) is 9.68. The Morgan fingerprint density at radius 1 is 1.38 bits per heavy atom. The van der Waals surface area contributed by atoms with E-state index in [0.717, 1.165) is 18.9 Å². The van der Waals surface area contributed by atoms with E-state index in [9.17, 15) is 18.0 Å². The molecule has 2 amide bonds. The Hall–Kier alpha value is -2.55. The van der Waals surface area contributed by atoms with Gasteiger partial charge >= 0.3 is 12.2 Å². The van der Waals surface area contributed by atoms with Crippen LogP contribution in [0.5, 0.6) is 0 Å². The van der Waals surface area contributed by atoms with Crippen LogP contribution in [0.1, 0.15) is 36.7 Å². The average Bonchev–Trinajstić information content (AvgIpc) is 3.33. The van der Waals surface area contributed by atoms with Crippen LogP contribution in [0.2, 0.25) is 0 Å². The van der Waals surface area contributed by atoms with E-state index < -0.39 is 11.7 Å². The third-order valence-corrected chi connectivity index (χ3v) is 4.86. The van der Waals surface area contributed by atoms with Crippen LogP contribution in [-0.2, 0) is 24.0 Å². The maximum absolute atomic E-state index is 13.3. The highest BCUT2D eigenvalue weighted by molar-refractivity contribution is 5.74. The van der Waals surface area contributed by atoms with Gasteiger partial charge in [-0.1, -0.05) is 18.2 Å². The van der Waals surface area contributed by atoms with Crippen molar-refractivity contribution in [3.05, 3.63) is 53.6 Å². The largest absolute Gasteiger partial charge is 0.416 e. The number of nitrogens with one attached hydrogen (secondary N) is 1. The van der Waals surface area contributed by atoms with E-state index in [2.05, 4.69) is 10.3 Å². The standard InChI is InChI=1S/C20H25F3N4O2/c1-2-24-19(28)27(13-16-7-5-11-29-16)14-18-25-9-10-26(18)12-15-6-3-4-8-17(15)20(21,22)23/h3-4,6,8-10,16H,2,5,7,11-14H2,1H3,(H,24,28)/t16-/m0/s1. The van der Waals surface area contributed by atoms with Crippen molar-refractivity contribution in [2.45, 2.75) is 45.1 Å². The number of amides is 2. The summed E-state index contributed by atoms with van der Waals surface area (Å²) in [4.78, 5) is 18.4. The Morgan fingerprint density at radius 2 is 2.17 bits per heavy atom. The van der Waals surface area contributed by atoms with E-state index in [1.807, 2.05) is 6.92 Å². The first-order valence-electron chi connectivity index (χ1n) is 9.68. The molecule has 0 spiro atoms. The fraction of sp³-hybridized carbons (Fsp3) is 0.500. The number of halogens is 3. The van der Waals surface area contributed by atoms with Crippen LogP contribution in [0.4, 0.5) is 18.0 Å². The van der Waals surface area contributed by atoms with Gasteiger partial charge in [-0.05, 0) is 31.4 Å². The van der Waals surface area contributed by atoms with Gasteiger partial charge in [-0.15, -0.1) is 0 Å². The van der Waals surface area contributed by atoms with Crippen molar-refractivity contribution in [1.29, 1.82) is 0 Å². The van der Waals surface area contributed by atoms with Crippen molar-refractivity contribution in [2.75, 3.05) is 19.7 Å². The summed E-state index contributed by atoms with van der Waals surface area (Å²) in [5.41, 5.74) is -0.512. The SMILES string of the molecule is CCNC(=O)N(Cc1nccn1Cc1ccccc1C(F)(F)F)C[C@@H]1CCCO1. The molecule has 29 heavy (non-hydrogen) atoms. The van der Waals surface area contributed by atoms with Gasteiger partial charge in [-0.3, -0.25) is 0 Å². The first kappa shape index (κ1) is 21.2. The lowest BCUT2D eigenvalue weighted by Crippen LogP contribution is -2.43. The molecule has 1 atom stereocenters. The Kier molecular flexibility index (Phi) is 6.79. The second-order valence-corrected chi connectivity index (χ2v) is 6.98. The van der Waals surface area contributed by atoms with Gasteiger partial charge < -0.3 is 19.5 Å². The lowest BCUT2D eigenvalue weighted by atomic mass is 10.1. The summed E-state index contributed by atoms with van der Waals surface area (Å²) in [6, 6.07) is 5.25. The number of hydrogen-bond donors (Lipinski definition) is 1. The Bertz CT molecular complexity index is 816. The molecule has 6 nitrogen and oxygen atoms in total. The number of carbonyl (C=O) groups is 1. The molecule has 1 saturated heterocycles. The van der Waals surface area contributed by atoms with E-state index in [4.69, 9.17) is 4.74 Å². The normalized spacial score (nSPS) is 16.8. The van der Waals surface area contributed by atoms with Crippen molar-refractivity contribution in [1.82, 2.24) is 19.8 Å². The lowest BCUT2D eigenvalue weighted by Gasteiger charge is -2.25. The van der Waals surface area contributed by atoms with E-state index in [1.54, 1.807) is 21.7 Å². The molecule has 9 heteroatoms. The van der Waals surface area contributed by atoms with E-state index in [-0.39, 0.29) is 30.8 Å². The molecule has 0 unspecified atom stereocenters. The maximum Gasteiger partial charge on any atom is 0.416 e. The molecule has 2 heterocycles. The van der Waals surface area contributed by atoms with Gasteiger partial charge in [0.25, 0.3) is 0 Å². The third-order valence-electron chi connectivity index (χ3n) is 4.86. The monoisotopic (exact) mass is 410 g/mol. The Labute approximate surface area is 167 Å². The predicted molar refractivity (Wildman–Crippen MR) is 101 cm³/mol. The second kappa shape index (κ2) is 9.30. The lowest BCUT2D eigenvalue weighted by molar-refractivity contribution is -0.138. The summed E-state index contributed by atoms with van der Waals surface area (Å²) < 4.78 is 47.2. The van der Waals surface area contributed by atoms with Gasteiger partial charge in [0.1, 0.15) is 5.82 Å². The highest BCUT2D eigenvalue weighted by atomic mass is 19.4. The minimum Gasteiger partial charge on any atom is -0.376 e. The molecule has 0 radical (unpaired) electrons. The summed E-state index contributed by atoms with van der Waals surface area (Å²) in [5, 5.41) is 2.78. The van der Waals surface area contributed by atoms with Gasteiger partial charge in [-0.25, -0.2) is 9.78 Å². The number of ether oxygens (including phenoxy) is 1. The number of alkyl halides is 3. The highest BCUT2D eigenvalue weighted by Gasteiger charge is 2.33.